The average Bonchev–Trinajstić information content (AvgIpc) is 3.74. The van der Waals surface area contributed by atoms with Gasteiger partial charge in [0.1, 0.15) is 11.6 Å². The molecule has 1 aliphatic carbocycles. The molecule has 7 aromatic rings. The summed E-state index contributed by atoms with van der Waals surface area (Å²) < 4.78 is 0. The first-order valence-electron chi connectivity index (χ1n) is 17.0. The van der Waals surface area contributed by atoms with E-state index < -0.39 is 5.97 Å². The lowest BCUT2D eigenvalue weighted by Gasteiger charge is -2.32. The molecule has 4 nitrogen and oxygen atoms in total. The monoisotopic (exact) mass is 666 g/mol. The van der Waals surface area contributed by atoms with Crippen molar-refractivity contribution in [2.75, 3.05) is 4.90 Å². The predicted octanol–water partition coefficient (Wildman–Crippen LogP) is 12.3. The van der Waals surface area contributed by atoms with E-state index in [0.29, 0.717) is 0 Å². The molecule has 1 heterocycles. The van der Waals surface area contributed by atoms with Gasteiger partial charge in [-0.25, -0.2) is 4.79 Å². The second kappa shape index (κ2) is 12.5. The van der Waals surface area contributed by atoms with Crippen LogP contribution in [0.25, 0.3) is 49.2 Å². The van der Waals surface area contributed by atoms with Crippen LogP contribution in [-0.2, 0) is 10.2 Å². The molecule has 1 aromatic heterocycles. The van der Waals surface area contributed by atoms with Crippen LogP contribution < -0.4 is 4.90 Å². The van der Waals surface area contributed by atoms with Gasteiger partial charge in [0.15, 0.2) is 0 Å². The Morgan fingerprint density at radius 3 is 2.00 bits per heavy atom. The number of rotatable bonds is 8. The zero-order valence-electron chi connectivity index (χ0n) is 27.9. The topological polar surface area (TPSA) is 64.3 Å². The van der Waals surface area contributed by atoms with E-state index in [-0.39, 0.29) is 11.0 Å². The third kappa shape index (κ3) is 5.00. The molecule has 0 fully saturated rings. The molecule has 1 aliphatic rings. The zero-order valence-corrected chi connectivity index (χ0v) is 28.7. The molecular weight excluding hydrogens is 633 g/mol. The summed E-state index contributed by atoms with van der Waals surface area (Å²) in [5.74, 6) is -1.22. The lowest BCUT2D eigenvalue weighted by Crippen LogP contribution is -2.23. The summed E-state index contributed by atoms with van der Waals surface area (Å²) in [7, 11) is 0. The van der Waals surface area contributed by atoms with Gasteiger partial charge in [0.05, 0.1) is 5.69 Å². The molecule has 0 atom stereocenters. The highest BCUT2D eigenvalue weighted by molar-refractivity contribution is 7.16. The van der Waals surface area contributed by atoms with Gasteiger partial charge in [0.2, 0.25) is 0 Å². The molecule has 6 aromatic carbocycles. The number of fused-ring (bicyclic) bond motifs is 5. The lowest BCUT2D eigenvalue weighted by atomic mass is 9.73. The fourth-order valence-corrected chi connectivity index (χ4v) is 8.82. The van der Waals surface area contributed by atoms with Crippen LogP contribution in [0.4, 0.5) is 17.1 Å². The van der Waals surface area contributed by atoms with E-state index in [4.69, 9.17) is 0 Å². The highest BCUT2D eigenvalue weighted by Gasteiger charge is 2.41. The molecule has 0 amide bonds. The Balaban J connectivity index is 1.30. The number of carbonyl (C=O) groups is 1. The number of carboxylic acids is 1. The van der Waals surface area contributed by atoms with Crippen molar-refractivity contribution in [3.63, 3.8) is 0 Å². The van der Waals surface area contributed by atoms with Gasteiger partial charge >= 0.3 is 5.97 Å². The zero-order chi connectivity index (χ0) is 34.4. The number of hydrogen-bond donors (Lipinski definition) is 1. The Labute approximate surface area is 295 Å². The molecule has 8 rings (SSSR count). The minimum atomic E-state index is -1.22. The number of hydrogen-bond acceptors (Lipinski definition) is 4. The van der Waals surface area contributed by atoms with Crippen molar-refractivity contribution in [1.29, 1.82) is 5.26 Å². The minimum absolute atomic E-state index is 0.183. The van der Waals surface area contributed by atoms with Crippen LogP contribution in [0, 0.1) is 11.3 Å². The largest absolute Gasteiger partial charge is 0.477 e. The third-order valence-corrected chi connectivity index (χ3v) is 11.4. The quantitative estimate of drug-likeness (QED) is 0.0996. The van der Waals surface area contributed by atoms with E-state index in [2.05, 4.69) is 140 Å². The van der Waals surface area contributed by atoms with Gasteiger partial charge in [-0.05, 0) is 106 Å². The van der Waals surface area contributed by atoms with Gasteiger partial charge in [-0.3, -0.25) is 0 Å². The summed E-state index contributed by atoms with van der Waals surface area (Å²) >= 11 is 1.50. The number of nitrogens with zero attached hydrogens (tertiary/aromatic N) is 2. The number of benzene rings is 6. The molecule has 0 aliphatic heterocycles. The van der Waals surface area contributed by atoms with Gasteiger partial charge in [-0.15, -0.1) is 11.3 Å². The average molecular weight is 667 g/mol. The summed E-state index contributed by atoms with van der Waals surface area (Å²) in [5.41, 5.74) is 9.23. The first-order chi connectivity index (χ1) is 24.5. The van der Waals surface area contributed by atoms with Crippen LogP contribution in [0.2, 0.25) is 0 Å². The van der Waals surface area contributed by atoms with E-state index in [9.17, 15) is 15.2 Å². The van der Waals surface area contributed by atoms with Gasteiger partial charge in [-0.1, -0.05) is 98.8 Å². The Morgan fingerprint density at radius 1 is 0.740 bits per heavy atom. The smallest absolute Gasteiger partial charge is 0.346 e. The second-order valence-electron chi connectivity index (χ2n) is 12.8. The van der Waals surface area contributed by atoms with Crippen LogP contribution in [0.15, 0.2) is 139 Å². The van der Waals surface area contributed by atoms with Crippen molar-refractivity contribution in [1.82, 2.24) is 0 Å². The van der Waals surface area contributed by atoms with Crippen molar-refractivity contribution >= 4 is 62.0 Å². The second-order valence-corrected chi connectivity index (χ2v) is 13.9. The van der Waals surface area contributed by atoms with Crippen LogP contribution >= 0.6 is 11.3 Å². The van der Waals surface area contributed by atoms with E-state index in [0.717, 1.165) is 39.5 Å². The van der Waals surface area contributed by atoms with Crippen LogP contribution in [0.3, 0.4) is 0 Å². The van der Waals surface area contributed by atoms with Crippen LogP contribution in [0.1, 0.15) is 42.7 Å². The maximum Gasteiger partial charge on any atom is 0.346 e. The first-order valence-corrected chi connectivity index (χ1v) is 17.8. The van der Waals surface area contributed by atoms with Crippen LogP contribution in [0.5, 0.6) is 0 Å². The fourth-order valence-electron chi connectivity index (χ4n) is 7.87. The van der Waals surface area contributed by atoms with Gasteiger partial charge < -0.3 is 10.0 Å². The van der Waals surface area contributed by atoms with E-state index >= 15 is 0 Å². The standard InChI is InChI=1S/C45H34N2O2S/c1-3-45(4-2)40-26-31(42-23-20-35(50-42)25-32(28-46)44(48)49)18-21-38(40)39-22-19-34(27-41(39)45)47(33-14-6-5-7-15-33)43-36-16-10-8-12-29(36)24-30-13-9-11-17-37(30)43/h5-27H,3-4H2,1-2H3,(H,48,49)/b32-25+. The van der Waals surface area contributed by atoms with E-state index in [1.807, 2.05) is 12.1 Å². The van der Waals surface area contributed by atoms with Gasteiger partial charge in [-0.2, -0.15) is 5.26 Å². The summed E-state index contributed by atoms with van der Waals surface area (Å²) in [6, 6.07) is 49.7. The number of nitriles is 1. The molecule has 0 saturated heterocycles. The summed E-state index contributed by atoms with van der Waals surface area (Å²) in [4.78, 5) is 15.7. The first kappa shape index (κ1) is 31.3. The molecule has 0 spiro atoms. The maximum atomic E-state index is 11.4. The van der Waals surface area contributed by atoms with Crippen molar-refractivity contribution < 1.29 is 9.90 Å². The van der Waals surface area contributed by atoms with E-state index in [1.54, 1.807) is 6.07 Å². The Kier molecular flexibility index (Phi) is 7.82. The van der Waals surface area contributed by atoms with Crippen molar-refractivity contribution in [2.24, 2.45) is 0 Å². The molecule has 1 N–H and O–H groups in total. The molecule has 0 unspecified atom stereocenters. The molecule has 0 radical (unpaired) electrons. The molecule has 5 heteroatoms. The lowest BCUT2D eigenvalue weighted by molar-refractivity contribution is -0.132. The normalized spacial score (nSPS) is 13.2. The fraction of sp³-hybridized carbons (Fsp3) is 0.111. The number of para-hydroxylation sites is 1. The Morgan fingerprint density at radius 2 is 1.36 bits per heavy atom. The Hall–Kier alpha value is -5.96. The summed E-state index contributed by atoms with van der Waals surface area (Å²) in [6.07, 6.45) is 3.34. The van der Waals surface area contributed by atoms with Crippen molar-refractivity contribution in [3.05, 3.63) is 155 Å². The number of carboxylic acid groups (broad SMARTS) is 1. The Bertz CT molecular complexity index is 2460. The van der Waals surface area contributed by atoms with Crippen LogP contribution in [-0.4, -0.2) is 11.1 Å². The number of aliphatic carboxylic acids is 1. The molecule has 0 bridgehead atoms. The SMILES string of the molecule is CCC1(CC)c2cc(-c3ccc(/C=C(\C#N)C(=O)O)s3)ccc2-c2ccc(N(c3ccccc3)c3c4ccccc4cc4ccccc34)cc21. The number of anilines is 3. The highest BCUT2D eigenvalue weighted by Crippen LogP contribution is 2.55. The van der Waals surface area contributed by atoms with Gasteiger partial charge in [0.25, 0.3) is 0 Å². The van der Waals surface area contributed by atoms with Crippen molar-refractivity contribution in [2.45, 2.75) is 32.1 Å². The number of thiophene rings is 1. The summed E-state index contributed by atoms with van der Waals surface area (Å²) in [6.45, 7) is 4.58. The molecule has 242 valence electrons. The van der Waals surface area contributed by atoms with Gasteiger partial charge in [0, 0.05) is 37.3 Å². The van der Waals surface area contributed by atoms with E-state index in [1.165, 1.54) is 66.9 Å². The van der Waals surface area contributed by atoms with Crippen molar-refractivity contribution in [3.8, 4) is 27.6 Å². The summed E-state index contributed by atoms with van der Waals surface area (Å²) in [5, 5.41) is 23.4. The molecule has 0 saturated carbocycles. The minimum Gasteiger partial charge on any atom is -0.477 e. The molecule has 50 heavy (non-hydrogen) atoms. The predicted molar refractivity (Wildman–Crippen MR) is 207 cm³/mol. The third-order valence-electron chi connectivity index (χ3n) is 10.3. The molecular formula is C45H34N2O2S. The highest BCUT2D eigenvalue weighted by atomic mass is 32.1. The maximum absolute atomic E-state index is 11.4.